The minimum Gasteiger partial charge on any atom is -0.496 e. The van der Waals surface area contributed by atoms with E-state index in [0.717, 1.165) is 87.7 Å². The fourth-order valence-corrected chi connectivity index (χ4v) is 11.4. The van der Waals surface area contributed by atoms with Gasteiger partial charge in [-0.2, -0.15) is 0 Å². The number of likely N-dealkylation sites (N-methyl/N-ethyl adjacent to an activating group) is 1. The van der Waals surface area contributed by atoms with Gasteiger partial charge in [-0.3, -0.25) is 28.9 Å². The van der Waals surface area contributed by atoms with Crippen LogP contribution in [-0.4, -0.2) is 184 Å². The van der Waals surface area contributed by atoms with Crippen LogP contribution in [0.2, 0.25) is 0 Å². The van der Waals surface area contributed by atoms with Crippen molar-refractivity contribution in [1.29, 1.82) is 0 Å². The van der Waals surface area contributed by atoms with E-state index >= 15 is 0 Å². The number of ether oxygens (including phenoxy) is 6. The second-order valence-corrected chi connectivity index (χ2v) is 25.0. The van der Waals surface area contributed by atoms with Crippen molar-refractivity contribution >= 4 is 69.9 Å². The molecule has 1 fully saturated rings. The van der Waals surface area contributed by atoms with Gasteiger partial charge in [0.1, 0.15) is 35.8 Å². The number of para-hydroxylation sites is 1. The zero-order valence-electron chi connectivity index (χ0n) is 58.4. The summed E-state index contributed by atoms with van der Waals surface area (Å²) in [7, 11) is 3.41. The van der Waals surface area contributed by atoms with Crippen molar-refractivity contribution in [2.24, 2.45) is 11.7 Å². The number of unbranched alkanes of at least 4 members (excludes halogenated alkanes) is 2. The van der Waals surface area contributed by atoms with Crippen molar-refractivity contribution in [3.8, 4) is 17.6 Å². The number of likely N-dealkylation sites (tertiary alicyclic amines) is 1. The quantitative estimate of drug-likeness (QED) is 0.0148. The molecule has 2 atom stereocenters. The molecule has 0 unspecified atom stereocenters. The van der Waals surface area contributed by atoms with Gasteiger partial charge in [0.25, 0.3) is 0 Å². The number of rotatable bonds is 41. The summed E-state index contributed by atoms with van der Waals surface area (Å²) in [6.45, 7) is 14.0. The first kappa shape index (κ1) is 76.1. The highest BCUT2D eigenvalue weighted by atomic mass is 16.6. The molecule has 0 spiro atoms. The number of benzene rings is 4. The van der Waals surface area contributed by atoms with Crippen molar-refractivity contribution in [2.45, 2.75) is 123 Å². The van der Waals surface area contributed by atoms with Gasteiger partial charge in [-0.15, -0.1) is 0 Å². The number of urea groups is 1. The summed E-state index contributed by atoms with van der Waals surface area (Å²) in [5, 5.41) is 17.2. The van der Waals surface area contributed by atoms with Crippen LogP contribution in [0.25, 0.3) is 11.0 Å². The second-order valence-electron chi connectivity index (χ2n) is 25.0. The minimum absolute atomic E-state index is 0.00121. The number of nitrogens with one attached hydrogen (secondary N) is 6. The van der Waals surface area contributed by atoms with E-state index in [1.807, 2.05) is 67.7 Å². The molecule has 4 heterocycles. The lowest BCUT2D eigenvalue weighted by Gasteiger charge is -2.43. The molecular formula is C74H97N13O13. The molecule has 0 aliphatic carbocycles. The summed E-state index contributed by atoms with van der Waals surface area (Å²) in [4.78, 5) is 106. The van der Waals surface area contributed by atoms with Crippen LogP contribution in [0.15, 0.2) is 103 Å². The van der Waals surface area contributed by atoms with Gasteiger partial charge in [0.05, 0.1) is 90.3 Å². The maximum absolute atomic E-state index is 13.8. The second kappa shape index (κ2) is 39.8. The Bertz CT molecular complexity index is 3750. The van der Waals surface area contributed by atoms with Gasteiger partial charge >= 0.3 is 12.1 Å². The van der Waals surface area contributed by atoms with E-state index in [1.54, 1.807) is 62.1 Å². The molecule has 8 rings (SSSR count). The molecule has 26 heteroatoms. The van der Waals surface area contributed by atoms with Crippen LogP contribution in [0.3, 0.4) is 0 Å². The molecule has 4 aromatic carbocycles. The summed E-state index contributed by atoms with van der Waals surface area (Å²) in [5.41, 5.74) is 13.7. The third-order valence-electron chi connectivity index (χ3n) is 17.0. The van der Waals surface area contributed by atoms with Gasteiger partial charge in [-0.05, 0) is 91.3 Å². The molecule has 0 bridgehead atoms. The summed E-state index contributed by atoms with van der Waals surface area (Å²) < 4.78 is 36.1. The van der Waals surface area contributed by atoms with Crippen LogP contribution in [0, 0.1) is 24.7 Å². The highest BCUT2D eigenvalue weighted by Gasteiger charge is 2.34. The molecular weight excluding hydrogens is 1280 g/mol. The molecule has 2 aromatic heterocycles. The van der Waals surface area contributed by atoms with Gasteiger partial charge in [0.15, 0.2) is 5.82 Å². The highest BCUT2D eigenvalue weighted by Crippen LogP contribution is 2.30. The molecule has 8 amide bonds. The number of methoxy groups -OCH3 is 1. The third kappa shape index (κ3) is 23.8. The molecule has 0 radical (unpaired) electrons. The number of carbonyl (C=O) groups excluding carboxylic acids is 7. The van der Waals surface area contributed by atoms with E-state index in [1.165, 1.54) is 0 Å². The molecule has 100 heavy (non-hydrogen) atoms. The van der Waals surface area contributed by atoms with E-state index in [4.69, 9.17) is 39.1 Å². The third-order valence-corrected chi connectivity index (χ3v) is 17.0. The fourth-order valence-electron chi connectivity index (χ4n) is 11.4. The molecule has 6 aromatic rings. The Balaban J connectivity index is 0.667. The van der Waals surface area contributed by atoms with Crippen molar-refractivity contribution < 1.29 is 62.0 Å². The Morgan fingerprint density at radius 2 is 1.39 bits per heavy atom. The average Bonchev–Trinajstić information content (AvgIpc) is 1.55. The Morgan fingerprint density at radius 1 is 0.700 bits per heavy atom. The number of anilines is 3. The van der Waals surface area contributed by atoms with Crippen molar-refractivity contribution in [3.63, 3.8) is 0 Å². The minimum atomic E-state index is -1.05. The predicted octanol–water partition coefficient (Wildman–Crippen LogP) is 7.16. The topological polar surface area (TPSA) is 313 Å². The number of aromatic nitrogens is 3. The first-order valence-corrected chi connectivity index (χ1v) is 34.4. The molecule has 1 saturated heterocycles. The lowest BCUT2D eigenvalue weighted by molar-refractivity contribution is -0.132. The van der Waals surface area contributed by atoms with Gasteiger partial charge in [0, 0.05) is 94.2 Å². The van der Waals surface area contributed by atoms with E-state index in [-0.39, 0.29) is 95.6 Å². The van der Waals surface area contributed by atoms with E-state index in [2.05, 4.69) is 83.3 Å². The molecule has 536 valence electrons. The van der Waals surface area contributed by atoms with Gasteiger partial charge in [-0.25, -0.2) is 19.6 Å². The van der Waals surface area contributed by atoms with Crippen LogP contribution in [0.4, 0.5) is 26.8 Å². The van der Waals surface area contributed by atoms with Crippen LogP contribution in [0.1, 0.15) is 111 Å². The summed E-state index contributed by atoms with van der Waals surface area (Å²) in [5.74, 6) is 6.47. The van der Waals surface area contributed by atoms with Gasteiger partial charge in [0.2, 0.25) is 29.5 Å². The maximum atomic E-state index is 13.8. The van der Waals surface area contributed by atoms with Gasteiger partial charge < -0.3 is 80.4 Å². The number of nitrogens with zero attached hydrogens (tertiary/aromatic N) is 6. The zero-order chi connectivity index (χ0) is 71.2. The Morgan fingerprint density at radius 3 is 2.11 bits per heavy atom. The number of primary amides is 1. The molecule has 8 N–H and O–H groups in total. The smallest absolute Gasteiger partial charge is 0.410 e. The Labute approximate surface area is 585 Å². The van der Waals surface area contributed by atoms with Crippen molar-refractivity contribution in [1.82, 2.24) is 45.6 Å². The first-order chi connectivity index (χ1) is 48.5. The Kier molecular flexibility index (Phi) is 30.3. The lowest BCUT2D eigenvalue weighted by atomic mass is 10.0. The fraction of sp³-hybridized carbons (Fsp3) is 0.473. The number of amides is 8. The standard InChI is InChI=1S/C74H97N13O13/c1-7-8-13-32-77-70-69-61(79-52(4)80-70)30-35-86(69)46-58-23-20-54(44-64(58)95-6)45-85-48-60(49-85)84(5)74(94)100-50-53-21-26-59(27-22-53)81-71(91)62(18-14-33-78-73(75)93)82-72(92)68(51(2)3)83-66(89)31-36-96-38-40-98-42-43-99-41-39-97-37-34-76-65(88)28-29-67(90)87-47-57-17-10-9-15-55(57)24-25-56-16-11-12-19-63(56)87/h9-12,15-17,19-23,26-27,30,35,44,51,60,62,68H,7-8,13-14,18,28-29,31-34,36-43,45-50H2,1-6H3,(H,76,88)(H,81,91)(H,82,92)(H,83,89)(H3,75,78,93)(H,77,79,80)/t62-,68-/m0/s1. The number of carbonyl (C=O) groups is 7. The zero-order valence-corrected chi connectivity index (χ0v) is 58.4. The lowest BCUT2D eigenvalue weighted by Crippen LogP contribution is -2.59. The van der Waals surface area contributed by atoms with Crippen LogP contribution >= 0.6 is 0 Å². The summed E-state index contributed by atoms with van der Waals surface area (Å²) in [6.07, 6.45) is 5.43. The predicted molar refractivity (Wildman–Crippen MR) is 380 cm³/mol. The molecule has 2 aliphatic heterocycles. The van der Waals surface area contributed by atoms with E-state index in [9.17, 15) is 33.6 Å². The summed E-state index contributed by atoms with van der Waals surface area (Å²) >= 11 is 0. The molecule has 2 aliphatic rings. The summed E-state index contributed by atoms with van der Waals surface area (Å²) in [6, 6.07) is 27.6. The van der Waals surface area contributed by atoms with E-state index < -0.39 is 41.9 Å². The number of fused-ring (bicyclic) bond motifs is 3. The van der Waals surface area contributed by atoms with Crippen molar-refractivity contribution in [3.05, 3.63) is 142 Å². The normalized spacial score (nSPS) is 13.2. The highest BCUT2D eigenvalue weighted by molar-refractivity contribution is 5.99. The largest absolute Gasteiger partial charge is 0.496 e. The average molecular weight is 1380 g/mol. The SMILES string of the molecule is CCCCCNc1nc(C)nc2ccn(Cc3ccc(CN4CC(N(C)C(=O)OCc5ccc(NC(=O)[C@H](CCCNC(N)=O)NC(=O)[C@@H](NC(=O)CCOCCOCCOCCOCCNC(=O)CCC(=O)N6Cc7ccccc7C#Cc7ccccc76)C(C)C)cc5)C4)cc3OC)c12. The Hall–Kier alpha value is -9.65. The monoisotopic (exact) mass is 1380 g/mol. The number of aryl methyl sites for hydroxylation is 1. The molecule has 26 nitrogen and oxygen atoms in total. The first-order valence-electron chi connectivity index (χ1n) is 34.4. The van der Waals surface area contributed by atoms with Crippen LogP contribution < -0.4 is 47.3 Å². The van der Waals surface area contributed by atoms with Crippen molar-refractivity contribution in [2.75, 3.05) is 115 Å². The number of hydrogen-bond donors (Lipinski definition) is 7. The number of nitrogens with two attached hydrogens (primary N) is 1. The number of hydrogen-bond acceptors (Lipinski definition) is 17. The molecule has 0 saturated carbocycles. The van der Waals surface area contributed by atoms with Crippen LogP contribution in [-0.2, 0) is 73.9 Å². The maximum Gasteiger partial charge on any atom is 0.410 e. The van der Waals surface area contributed by atoms with E-state index in [0.29, 0.717) is 76.8 Å². The van der Waals surface area contributed by atoms with Crippen LogP contribution in [0.5, 0.6) is 5.75 Å². The van der Waals surface area contributed by atoms with Gasteiger partial charge in [-0.1, -0.05) is 100 Å².